The number of carbonyl (C=O) groups excluding carboxylic acids is 1. The van der Waals surface area contributed by atoms with Crippen LogP contribution in [0.1, 0.15) is 16.1 Å². The van der Waals surface area contributed by atoms with Gasteiger partial charge in [0.05, 0.1) is 0 Å². The summed E-state index contributed by atoms with van der Waals surface area (Å²) in [6.45, 7) is 0.676. The summed E-state index contributed by atoms with van der Waals surface area (Å²) in [7, 11) is 0. The smallest absolute Gasteiger partial charge is 0.271 e. The Kier molecular flexibility index (Phi) is 3.90. The highest BCUT2D eigenvalue weighted by Gasteiger charge is 2.15. The molecule has 7 heteroatoms. The number of amides is 1. The summed E-state index contributed by atoms with van der Waals surface area (Å²) in [5, 5.41) is 2.88. The average molecular weight is 372 g/mol. The molecule has 0 aliphatic carbocycles. The quantitative estimate of drug-likeness (QED) is 0.596. The second-order valence-corrected chi connectivity index (χ2v) is 6.42. The predicted molar refractivity (Wildman–Crippen MR) is 102 cm³/mol. The third-order valence-corrected chi connectivity index (χ3v) is 4.59. The second-order valence-electron chi connectivity index (χ2n) is 6.42. The highest BCUT2D eigenvalue weighted by molar-refractivity contribution is 5.92. The number of pyridine rings is 2. The molecular weight excluding hydrogens is 356 g/mol. The molecule has 0 atom stereocenters. The molecule has 1 aliphatic rings. The standard InChI is InChI=1S/C21H16N4O3/c26-21(23-10-14-5-7-22-8-6-14)17-12-25-11-16(2-4-20(25)24-17)15-1-3-18-19(9-15)28-13-27-18/h1-9,11-12H,10,13H2,(H,23,26). The van der Waals surface area contributed by atoms with Crippen molar-refractivity contribution in [1.82, 2.24) is 19.7 Å². The average Bonchev–Trinajstić information content (AvgIpc) is 3.38. The lowest BCUT2D eigenvalue weighted by molar-refractivity contribution is 0.0946. The van der Waals surface area contributed by atoms with Gasteiger partial charge in [0.15, 0.2) is 11.5 Å². The third kappa shape index (κ3) is 3.03. The molecule has 28 heavy (non-hydrogen) atoms. The van der Waals surface area contributed by atoms with E-state index in [1.165, 1.54) is 0 Å². The van der Waals surface area contributed by atoms with E-state index in [0.29, 0.717) is 17.9 Å². The molecule has 0 unspecified atom stereocenters. The van der Waals surface area contributed by atoms with Gasteiger partial charge in [-0.15, -0.1) is 0 Å². The van der Waals surface area contributed by atoms with Crippen molar-refractivity contribution >= 4 is 11.6 Å². The fourth-order valence-electron chi connectivity index (χ4n) is 3.12. The van der Waals surface area contributed by atoms with Gasteiger partial charge in [0, 0.05) is 31.3 Å². The van der Waals surface area contributed by atoms with E-state index in [1.807, 2.05) is 53.1 Å². The van der Waals surface area contributed by atoms with Crippen LogP contribution in [0.3, 0.4) is 0 Å². The van der Waals surface area contributed by atoms with Crippen LogP contribution in [0.15, 0.2) is 67.3 Å². The first-order valence-electron chi connectivity index (χ1n) is 8.82. The maximum atomic E-state index is 12.4. The summed E-state index contributed by atoms with van der Waals surface area (Å²) in [5.41, 5.74) is 4.06. The Labute approximate surface area is 160 Å². The number of benzene rings is 1. The van der Waals surface area contributed by atoms with Gasteiger partial charge >= 0.3 is 0 Å². The van der Waals surface area contributed by atoms with Crippen molar-refractivity contribution in [3.63, 3.8) is 0 Å². The van der Waals surface area contributed by atoms with Crippen LogP contribution >= 0.6 is 0 Å². The fourth-order valence-corrected chi connectivity index (χ4v) is 3.12. The van der Waals surface area contributed by atoms with Crippen LogP contribution in [0.25, 0.3) is 16.8 Å². The molecule has 138 valence electrons. The Morgan fingerprint density at radius 2 is 1.82 bits per heavy atom. The number of rotatable bonds is 4. The van der Waals surface area contributed by atoms with Crippen LogP contribution in [0, 0.1) is 0 Å². The van der Waals surface area contributed by atoms with Gasteiger partial charge in [-0.25, -0.2) is 4.98 Å². The summed E-state index contributed by atoms with van der Waals surface area (Å²) >= 11 is 0. The lowest BCUT2D eigenvalue weighted by Crippen LogP contribution is -2.23. The number of fused-ring (bicyclic) bond motifs is 2. The first kappa shape index (κ1) is 16.3. The Morgan fingerprint density at radius 1 is 1.00 bits per heavy atom. The van der Waals surface area contributed by atoms with Crippen molar-refractivity contribution in [2.45, 2.75) is 6.54 Å². The number of ether oxygens (including phenoxy) is 2. The maximum absolute atomic E-state index is 12.4. The highest BCUT2D eigenvalue weighted by atomic mass is 16.7. The van der Waals surface area contributed by atoms with Gasteiger partial charge in [0.1, 0.15) is 11.3 Å². The largest absolute Gasteiger partial charge is 0.454 e. The topological polar surface area (TPSA) is 77.8 Å². The van der Waals surface area contributed by atoms with Crippen molar-refractivity contribution in [2.75, 3.05) is 6.79 Å². The molecule has 0 saturated heterocycles. The van der Waals surface area contributed by atoms with Gasteiger partial charge < -0.3 is 19.2 Å². The molecule has 1 amide bonds. The van der Waals surface area contributed by atoms with Crippen LogP contribution in [-0.2, 0) is 6.54 Å². The molecule has 7 nitrogen and oxygen atoms in total. The molecule has 4 aromatic rings. The first-order valence-corrected chi connectivity index (χ1v) is 8.82. The van der Waals surface area contributed by atoms with Crippen molar-refractivity contribution < 1.29 is 14.3 Å². The van der Waals surface area contributed by atoms with Crippen LogP contribution in [-0.4, -0.2) is 27.1 Å². The van der Waals surface area contributed by atoms with E-state index in [9.17, 15) is 4.79 Å². The number of hydrogen-bond donors (Lipinski definition) is 1. The summed E-state index contributed by atoms with van der Waals surface area (Å²) in [4.78, 5) is 20.8. The van der Waals surface area contributed by atoms with Gasteiger partial charge in [-0.1, -0.05) is 6.07 Å². The lowest BCUT2D eigenvalue weighted by Gasteiger charge is -2.04. The van der Waals surface area contributed by atoms with Crippen molar-refractivity contribution in [3.05, 3.63) is 78.5 Å². The Balaban J connectivity index is 1.38. The number of hydrogen-bond acceptors (Lipinski definition) is 5. The van der Waals surface area contributed by atoms with Crippen LogP contribution in [0.2, 0.25) is 0 Å². The lowest BCUT2D eigenvalue weighted by atomic mass is 10.1. The summed E-state index contributed by atoms with van der Waals surface area (Å²) in [5.74, 6) is 1.27. The van der Waals surface area contributed by atoms with E-state index in [1.54, 1.807) is 18.6 Å². The predicted octanol–water partition coefficient (Wildman–Crippen LogP) is 3.06. The van der Waals surface area contributed by atoms with Gasteiger partial charge in [0.25, 0.3) is 5.91 Å². The van der Waals surface area contributed by atoms with Crippen molar-refractivity contribution in [2.24, 2.45) is 0 Å². The second kappa shape index (κ2) is 6.70. The van der Waals surface area contributed by atoms with Crippen LogP contribution < -0.4 is 14.8 Å². The number of aromatic nitrogens is 3. The van der Waals surface area contributed by atoms with Crippen molar-refractivity contribution in [3.8, 4) is 22.6 Å². The zero-order valence-corrected chi connectivity index (χ0v) is 14.8. The van der Waals surface area contributed by atoms with Crippen LogP contribution in [0.4, 0.5) is 0 Å². The van der Waals surface area contributed by atoms with Crippen LogP contribution in [0.5, 0.6) is 11.5 Å². The molecule has 0 bridgehead atoms. The minimum absolute atomic E-state index is 0.217. The number of imidazole rings is 1. The normalized spacial score (nSPS) is 12.3. The van der Waals surface area contributed by atoms with Crippen molar-refractivity contribution in [1.29, 1.82) is 0 Å². The van der Waals surface area contributed by atoms with E-state index >= 15 is 0 Å². The molecular formula is C21H16N4O3. The molecule has 1 N–H and O–H groups in total. The summed E-state index contributed by atoms with van der Waals surface area (Å²) in [6, 6.07) is 13.4. The first-order chi connectivity index (χ1) is 13.8. The zero-order valence-electron chi connectivity index (χ0n) is 14.8. The molecule has 1 aromatic carbocycles. The fraction of sp³-hybridized carbons (Fsp3) is 0.0952. The minimum Gasteiger partial charge on any atom is -0.454 e. The van der Waals surface area contributed by atoms with E-state index in [4.69, 9.17) is 9.47 Å². The van der Waals surface area contributed by atoms with Gasteiger partial charge in [-0.05, 0) is 53.1 Å². The molecule has 5 rings (SSSR count). The molecule has 0 fully saturated rings. The monoisotopic (exact) mass is 372 g/mol. The van der Waals surface area contributed by atoms with E-state index in [2.05, 4.69) is 15.3 Å². The van der Waals surface area contributed by atoms with Gasteiger partial charge in [0.2, 0.25) is 6.79 Å². The Hall–Kier alpha value is -3.87. The van der Waals surface area contributed by atoms with Gasteiger partial charge in [-0.2, -0.15) is 0 Å². The molecule has 0 saturated carbocycles. The molecule has 0 radical (unpaired) electrons. The Morgan fingerprint density at radius 3 is 2.71 bits per heavy atom. The molecule has 4 heterocycles. The summed E-state index contributed by atoms with van der Waals surface area (Å²) < 4.78 is 12.7. The SMILES string of the molecule is O=C(NCc1ccncc1)c1cn2cc(-c3ccc4c(c3)OCO4)ccc2n1. The van der Waals surface area contributed by atoms with E-state index in [0.717, 1.165) is 28.2 Å². The van der Waals surface area contributed by atoms with E-state index in [-0.39, 0.29) is 12.7 Å². The number of carbonyl (C=O) groups is 1. The zero-order chi connectivity index (χ0) is 18.9. The number of nitrogens with zero attached hydrogens (tertiary/aromatic N) is 3. The van der Waals surface area contributed by atoms with E-state index < -0.39 is 0 Å². The minimum atomic E-state index is -0.217. The Bertz CT molecular complexity index is 1170. The maximum Gasteiger partial charge on any atom is 0.271 e. The molecule has 1 aliphatic heterocycles. The molecule has 3 aromatic heterocycles. The third-order valence-electron chi connectivity index (χ3n) is 4.59. The molecule has 0 spiro atoms. The highest BCUT2D eigenvalue weighted by Crippen LogP contribution is 2.35. The van der Waals surface area contributed by atoms with Gasteiger partial charge in [-0.3, -0.25) is 9.78 Å². The summed E-state index contributed by atoms with van der Waals surface area (Å²) in [6.07, 6.45) is 7.07. The number of nitrogens with one attached hydrogen (secondary N) is 1.